The molecule has 43 heavy (non-hydrogen) atoms. The van der Waals surface area contributed by atoms with Crippen LogP contribution in [0.1, 0.15) is 42.1 Å². The molecule has 11 nitrogen and oxygen atoms in total. The lowest BCUT2D eigenvalue weighted by atomic mass is 10.1. The fraction of sp³-hybridized carbons (Fsp3) is 0.133. The van der Waals surface area contributed by atoms with Crippen LogP contribution in [-0.2, 0) is 14.8 Å². The van der Waals surface area contributed by atoms with Gasteiger partial charge in [0, 0.05) is 18.2 Å². The van der Waals surface area contributed by atoms with Crippen LogP contribution < -0.4 is 19.9 Å². The van der Waals surface area contributed by atoms with Crippen LogP contribution in [0.15, 0.2) is 106 Å². The summed E-state index contributed by atoms with van der Waals surface area (Å²) in [5.41, 5.74) is 6.81. The average Bonchev–Trinajstić information content (AvgIpc) is 3.00. The highest BCUT2D eigenvalue weighted by molar-refractivity contribution is 7.92. The first kappa shape index (κ1) is 30.9. The van der Waals surface area contributed by atoms with Gasteiger partial charge in [-0.25, -0.2) is 18.2 Å². The number of hydrogen-bond donors (Lipinski definition) is 2. The first-order valence-electron chi connectivity index (χ1n) is 13.1. The maximum absolute atomic E-state index is 13.1. The first-order valence-corrected chi connectivity index (χ1v) is 15.0. The third-order valence-electron chi connectivity index (χ3n) is 5.82. The minimum atomic E-state index is -3.86. The molecule has 0 aliphatic heterocycles. The van der Waals surface area contributed by atoms with Gasteiger partial charge in [0.2, 0.25) is 0 Å². The summed E-state index contributed by atoms with van der Waals surface area (Å²) in [5.74, 6) is -0.837. The largest absolute Gasteiger partial charge is 0.426 e. The van der Waals surface area contributed by atoms with Crippen LogP contribution in [0.25, 0.3) is 0 Å². The van der Waals surface area contributed by atoms with Crippen molar-refractivity contribution in [3.8, 4) is 11.5 Å². The number of nitrogens with zero attached hydrogens (tertiary/aromatic N) is 3. The summed E-state index contributed by atoms with van der Waals surface area (Å²) in [7, 11) is -3.86. The zero-order valence-corrected chi connectivity index (χ0v) is 24.6. The Balaban J connectivity index is 1.54. The second-order valence-corrected chi connectivity index (χ2v) is 11.2. The Morgan fingerprint density at radius 3 is 2.28 bits per heavy atom. The monoisotopic (exact) mass is 617 g/mol. The standard InChI is InChI=1S/C30H27N5O6S2/c1-2-3-7-28(36)41-26-17-12-22(19-25(26)30(37)40-23-13-8-20(9-14-23)29(31)42)34-33-21-10-15-24(16-11-21)43(38,39)35-27-6-4-5-18-32-27/h4-6,8-19H,2-3,7H2,1H3,(H2,31,42)(H,32,35). The Morgan fingerprint density at radius 1 is 0.930 bits per heavy atom. The van der Waals surface area contributed by atoms with E-state index >= 15 is 0 Å². The summed E-state index contributed by atoms with van der Waals surface area (Å²) < 4.78 is 38.6. The van der Waals surface area contributed by atoms with Gasteiger partial charge in [0.05, 0.1) is 16.3 Å². The van der Waals surface area contributed by atoms with Gasteiger partial charge >= 0.3 is 11.9 Å². The molecule has 0 radical (unpaired) electrons. The highest BCUT2D eigenvalue weighted by Gasteiger charge is 2.19. The predicted octanol–water partition coefficient (Wildman–Crippen LogP) is 6.25. The van der Waals surface area contributed by atoms with Crippen molar-refractivity contribution in [2.75, 3.05) is 4.72 Å². The fourth-order valence-corrected chi connectivity index (χ4v) is 4.74. The van der Waals surface area contributed by atoms with Gasteiger partial charge < -0.3 is 15.2 Å². The van der Waals surface area contributed by atoms with Crippen molar-refractivity contribution in [2.45, 2.75) is 31.1 Å². The van der Waals surface area contributed by atoms with Gasteiger partial charge in [0.1, 0.15) is 27.9 Å². The molecule has 220 valence electrons. The van der Waals surface area contributed by atoms with E-state index in [0.717, 1.165) is 6.42 Å². The van der Waals surface area contributed by atoms with Gasteiger partial charge in [-0.15, -0.1) is 0 Å². The summed E-state index contributed by atoms with van der Waals surface area (Å²) in [4.78, 5) is 29.6. The molecule has 3 aromatic carbocycles. The summed E-state index contributed by atoms with van der Waals surface area (Å²) >= 11 is 4.95. The van der Waals surface area contributed by atoms with Crippen molar-refractivity contribution in [1.82, 2.24) is 4.98 Å². The molecule has 4 aromatic rings. The molecule has 0 amide bonds. The normalized spacial score (nSPS) is 11.2. The topological polar surface area (TPSA) is 162 Å². The van der Waals surface area contributed by atoms with Crippen molar-refractivity contribution < 1.29 is 27.5 Å². The first-order chi connectivity index (χ1) is 20.6. The second kappa shape index (κ2) is 14.2. The number of esters is 2. The third kappa shape index (κ3) is 8.74. The van der Waals surface area contributed by atoms with E-state index in [4.69, 9.17) is 27.4 Å². The number of nitrogens with two attached hydrogens (primary N) is 1. The maximum Gasteiger partial charge on any atom is 0.347 e. The minimum Gasteiger partial charge on any atom is -0.426 e. The van der Waals surface area contributed by atoms with Crippen molar-refractivity contribution >= 4 is 56.4 Å². The number of hydrogen-bond acceptors (Lipinski definition) is 10. The van der Waals surface area contributed by atoms with Crippen LogP contribution in [-0.4, -0.2) is 30.3 Å². The van der Waals surface area contributed by atoms with Crippen molar-refractivity contribution in [1.29, 1.82) is 0 Å². The quantitative estimate of drug-likeness (QED) is 0.0810. The summed E-state index contributed by atoms with van der Waals surface area (Å²) in [6, 6.07) is 21.2. The van der Waals surface area contributed by atoms with E-state index in [1.165, 1.54) is 54.7 Å². The number of thiocarbonyl (C=S) groups is 1. The zero-order chi connectivity index (χ0) is 30.8. The van der Waals surface area contributed by atoms with Gasteiger partial charge in [0.15, 0.2) is 0 Å². The molecule has 1 aromatic heterocycles. The molecule has 0 saturated carbocycles. The van der Waals surface area contributed by atoms with Crippen LogP contribution in [0.4, 0.5) is 17.2 Å². The van der Waals surface area contributed by atoms with Gasteiger partial charge in [-0.2, -0.15) is 10.2 Å². The van der Waals surface area contributed by atoms with Crippen LogP contribution in [0.3, 0.4) is 0 Å². The van der Waals surface area contributed by atoms with Crippen molar-refractivity contribution in [3.05, 3.63) is 102 Å². The minimum absolute atomic E-state index is 0.0118. The smallest absolute Gasteiger partial charge is 0.347 e. The molecular formula is C30H27N5O6S2. The number of benzene rings is 3. The average molecular weight is 618 g/mol. The molecule has 0 atom stereocenters. The van der Waals surface area contributed by atoms with Gasteiger partial charge in [0.25, 0.3) is 10.0 Å². The van der Waals surface area contributed by atoms with Crippen LogP contribution in [0, 0.1) is 0 Å². The van der Waals surface area contributed by atoms with Gasteiger partial charge in [-0.05, 0) is 85.3 Å². The number of carbonyl (C=O) groups excluding carboxylic acids is 2. The number of aromatic nitrogens is 1. The number of unbranched alkanes of at least 4 members (excludes halogenated alkanes) is 1. The van der Waals surface area contributed by atoms with E-state index in [1.807, 2.05) is 6.92 Å². The Hall–Kier alpha value is -5.01. The highest BCUT2D eigenvalue weighted by Crippen LogP contribution is 2.29. The van der Waals surface area contributed by atoms with Crippen molar-refractivity contribution in [2.24, 2.45) is 16.0 Å². The van der Waals surface area contributed by atoms with Crippen LogP contribution in [0.2, 0.25) is 0 Å². The number of azo groups is 1. The molecule has 3 N–H and O–H groups in total. The number of nitrogens with one attached hydrogen (secondary N) is 1. The molecule has 0 fully saturated rings. The lowest BCUT2D eigenvalue weighted by molar-refractivity contribution is -0.134. The second-order valence-electron chi connectivity index (χ2n) is 9.05. The van der Waals surface area contributed by atoms with E-state index in [9.17, 15) is 18.0 Å². The van der Waals surface area contributed by atoms with E-state index in [1.54, 1.807) is 36.4 Å². The van der Waals surface area contributed by atoms with Crippen LogP contribution in [0.5, 0.6) is 11.5 Å². The molecule has 0 saturated heterocycles. The Kier molecular flexibility index (Phi) is 10.3. The fourth-order valence-electron chi connectivity index (χ4n) is 3.60. The molecule has 0 spiro atoms. The molecule has 1 heterocycles. The maximum atomic E-state index is 13.1. The van der Waals surface area contributed by atoms with E-state index in [-0.39, 0.29) is 44.9 Å². The summed E-state index contributed by atoms with van der Waals surface area (Å²) in [6.07, 6.45) is 3.11. The Labute approximate surface area is 253 Å². The van der Waals surface area contributed by atoms with E-state index in [2.05, 4.69) is 19.9 Å². The summed E-state index contributed by atoms with van der Waals surface area (Å²) in [6.45, 7) is 1.95. The number of pyridine rings is 1. The lowest BCUT2D eigenvalue weighted by Crippen LogP contribution is -2.14. The molecule has 13 heteroatoms. The SMILES string of the molecule is CCCCC(=O)Oc1ccc(N=Nc2ccc(S(=O)(=O)Nc3ccccn3)cc2)cc1C(=O)Oc1ccc(C(N)=S)cc1. The number of ether oxygens (including phenoxy) is 2. The molecule has 0 bridgehead atoms. The Bertz CT molecular complexity index is 1740. The Morgan fingerprint density at radius 2 is 1.63 bits per heavy atom. The third-order valence-corrected chi connectivity index (χ3v) is 7.43. The summed E-state index contributed by atoms with van der Waals surface area (Å²) in [5, 5.41) is 8.30. The number of sulfonamides is 1. The number of carbonyl (C=O) groups is 2. The highest BCUT2D eigenvalue weighted by atomic mass is 32.2. The molecule has 0 unspecified atom stereocenters. The zero-order valence-electron chi connectivity index (χ0n) is 23.0. The van der Waals surface area contributed by atoms with E-state index in [0.29, 0.717) is 17.7 Å². The molecule has 0 aliphatic rings. The van der Waals surface area contributed by atoms with Crippen molar-refractivity contribution in [3.63, 3.8) is 0 Å². The van der Waals surface area contributed by atoms with Gasteiger partial charge in [-0.3, -0.25) is 9.52 Å². The van der Waals surface area contributed by atoms with Crippen LogP contribution >= 0.6 is 12.2 Å². The lowest BCUT2D eigenvalue weighted by Gasteiger charge is -2.11. The predicted molar refractivity (Wildman–Crippen MR) is 165 cm³/mol. The molecule has 0 aliphatic carbocycles. The van der Waals surface area contributed by atoms with E-state index < -0.39 is 22.0 Å². The molecule has 4 rings (SSSR count). The number of anilines is 1. The molecular weight excluding hydrogens is 590 g/mol. The van der Waals surface area contributed by atoms with Gasteiger partial charge in [-0.1, -0.05) is 31.6 Å². The number of rotatable bonds is 12.